The standard InChI is InChI=1S/C14H11N3O3S2/c1-9(18)10-5-7-11(8-6-10)17-22(19,20)13-4-2-3-12-14(13)16-21-15-12/h2-8,17H,1H3. The van der Waals surface area contributed by atoms with E-state index in [-0.39, 0.29) is 10.7 Å². The summed E-state index contributed by atoms with van der Waals surface area (Å²) in [6, 6.07) is 11.1. The minimum absolute atomic E-state index is 0.0762. The van der Waals surface area contributed by atoms with E-state index >= 15 is 0 Å². The Morgan fingerprint density at radius 3 is 2.50 bits per heavy atom. The average Bonchev–Trinajstić information content (AvgIpc) is 2.95. The van der Waals surface area contributed by atoms with E-state index in [1.54, 1.807) is 36.4 Å². The number of nitrogens with one attached hydrogen (secondary N) is 1. The highest BCUT2D eigenvalue weighted by atomic mass is 32.2. The predicted octanol–water partition coefficient (Wildman–Crippen LogP) is 2.69. The maximum absolute atomic E-state index is 12.5. The van der Waals surface area contributed by atoms with Gasteiger partial charge in [0, 0.05) is 11.3 Å². The van der Waals surface area contributed by atoms with E-state index in [4.69, 9.17) is 0 Å². The maximum atomic E-state index is 12.5. The van der Waals surface area contributed by atoms with Crippen molar-refractivity contribution in [3.63, 3.8) is 0 Å². The highest BCUT2D eigenvalue weighted by Crippen LogP contribution is 2.23. The lowest BCUT2D eigenvalue weighted by atomic mass is 10.1. The van der Waals surface area contributed by atoms with Crippen molar-refractivity contribution in [2.24, 2.45) is 0 Å². The predicted molar refractivity (Wildman–Crippen MR) is 84.7 cm³/mol. The van der Waals surface area contributed by atoms with Gasteiger partial charge in [0.1, 0.15) is 15.9 Å². The maximum Gasteiger partial charge on any atom is 0.264 e. The van der Waals surface area contributed by atoms with Crippen LogP contribution >= 0.6 is 11.7 Å². The Balaban J connectivity index is 1.97. The summed E-state index contributed by atoms with van der Waals surface area (Å²) in [5, 5.41) is 0. The molecule has 0 radical (unpaired) electrons. The van der Waals surface area contributed by atoms with Crippen LogP contribution in [0.4, 0.5) is 5.69 Å². The molecule has 0 aliphatic heterocycles. The number of carbonyl (C=O) groups excluding carboxylic acids is 1. The van der Waals surface area contributed by atoms with E-state index in [2.05, 4.69) is 13.5 Å². The minimum atomic E-state index is -3.77. The molecule has 0 fully saturated rings. The van der Waals surface area contributed by atoms with Crippen molar-refractivity contribution in [2.75, 3.05) is 4.72 Å². The first kappa shape index (κ1) is 14.6. The van der Waals surface area contributed by atoms with Crippen molar-refractivity contribution < 1.29 is 13.2 Å². The first-order valence-electron chi connectivity index (χ1n) is 6.32. The Morgan fingerprint density at radius 2 is 1.82 bits per heavy atom. The van der Waals surface area contributed by atoms with Gasteiger partial charge in [0.05, 0.1) is 11.7 Å². The molecule has 0 atom stereocenters. The minimum Gasteiger partial charge on any atom is -0.295 e. The van der Waals surface area contributed by atoms with Gasteiger partial charge in [-0.3, -0.25) is 9.52 Å². The summed E-state index contributed by atoms with van der Waals surface area (Å²) in [6.07, 6.45) is 0. The molecule has 1 heterocycles. The molecule has 3 rings (SSSR count). The van der Waals surface area contributed by atoms with E-state index in [0.29, 0.717) is 22.3 Å². The van der Waals surface area contributed by atoms with Crippen molar-refractivity contribution in [2.45, 2.75) is 11.8 Å². The molecule has 0 amide bonds. The van der Waals surface area contributed by atoms with Gasteiger partial charge in [-0.2, -0.15) is 8.75 Å². The molecule has 3 aromatic rings. The summed E-state index contributed by atoms with van der Waals surface area (Å²) in [7, 11) is -3.77. The van der Waals surface area contributed by atoms with Gasteiger partial charge in [0.2, 0.25) is 0 Å². The number of fused-ring (bicyclic) bond motifs is 1. The van der Waals surface area contributed by atoms with Crippen LogP contribution in [-0.4, -0.2) is 22.9 Å². The van der Waals surface area contributed by atoms with Crippen LogP contribution in [0.1, 0.15) is 17.3 Å². The third kappa shape index (κ3) is 2.70. The molecule has 0 aliphatic rings. The number of hydrogen-bond donors (Lipinski definition) is 1. The lowest BCUT2D eigenvalue weighted by Gasteiger charge is -2.08. The zero-order chi connectivity index (χ0) is 15.7. The second kappa shape index (κ2) is 5.47. The number of anilines is 1. The van der Waals surface area contributed by atoms with Gasteiger partial charge in [0.25, 0.3) is 10.0 Å². The van der Waals surface area contributed by atoms with Crippen molar-refractivity contribution in [3.05, 3.63) is 48.0 Å². The second-order valence-corrected chi connectivity index (χ2v) is 6.81. The van der Waals surface area contributed by atoms with Crippen LogP contribution in [0, 0.1) is 0 Å². The smallest absolute Gasteiger partial charge is 0.264 e. The summed E-state index contributed by atoms with van der Waals surface area (Å²) in [5.74, 6) is -0.0762. The molecule has 1 N–H and O–H groups in total. The molecule has 0 aliphatic carbocycles. The van der Waals surface area contributed by atoms with Gasteiger partial charge >= 0.3 is 0 Å². The van der Waals surface area contributed by atoms with Crippen LogP contribution in [0.15, 0.2) is 47.4 Å². The monoisotopic (exact) mass is 333 g/mol. The number of Topliss-reactive ketones (excluding diaryl/α,β-unsaturated/α-hetero) is 1. The van der Waals surface area contributed by atoms with Crippen LogP contribution < -0.4 is 4.72 Å². The Hall–Kier alpha value is -2.32. The first-order valence-corrected chi connectivity index (χ1v) is 8.54. The number of sulfonamides is 1. The molecule has 0 bridgehead atoms. The van der Waals surface area contributed by atoms with Crippen LogP contribution in [0.2, 0.25) is 0 Å². The summed E-state index contributed by atoms with van der Waals surface area (Å²) >= 11 is 0.965. The van der Waals surface area contributed by atoms with E-state index in [1.807, 2.05) is 0 Å². The highest BCUT2D eigenvalue weighted by molar-refractivity contribution is 7.93. The Kier molecular flexibility index (Phi) is 3.63. The fraction of sp³-hybridized carbons (Fsp3) is 0.0714. The summed E-state index contributed by atoms with van der Waals surface area (Å²) in [6.45, 7) is 1.45. The van der Waals surface area contributed by atoms with Crippen LogP contribution in [0.3, 0.4) is 0 Å². The largest absolute Gasteiger partial charge is 0.295 e. The third-order valence-corrected chi connectivity index (χ3v) is 5.04. The lowest BCUT2D eigenvalue weighted by molar-refractivity contribution is 0.101. The van der Waals surface area contributed by atoms with E-state index < -0.39 is 10.0 Å². The fourth-order valence-corrected chi connectivity index (χ4v) is 3.81. The average molecular weight is 333 g/mol. The number of hydrogen-bond acceptors (Lipinski definition) is 6. The van der Waals surface area contributed by atoms with Crippen molar-refractivity contribution in [1.82, 2.24) is 8.75 Å². The normalized spacial score (nSPS) is 11.5. The number of aromatic nitrogens is 2. The van der Waals surface area contributed by atoms with E-state index in [1.165, 1.54) is 13.0 Å². The first-order chi connectivity index (χ1) is 10.5. The number of ketones is 1. The highest BCUT2D eigenvalue weighted by Gasteiger charge is 2.19. The number of rotatable bonds is 4. The van der Waals surface area contributed by atoms with Crippen molar-refractivity contribution >= 4 is 44.3 Å². The van der Waals surface area contributed by atoms with Gasteiger partial charge in [-0.1, -0.05) is 6.07 Å². The summed E-state index contributed by atoms with van der Waals surface area (Å²) in [5.41, 5.74) is 1.79. The second-order valence-electron chi connectivity index (χ2n) is 4.63. The molecule has 0 unspecified atom stereocenters. The zero-order valence-electron chi connectivity index (χ0n) is 11.5. The molecule has 112 valence electrons. The van der Waals surface area contributed by atoms with Crippen LogP contribution in [-0.2, 0) is 10.0 Å². The van der Waals surface area contributed by atoms with Gasteiger partial charge < -0.3 is 0 Å². The molecule has 2 aromatic carbocycles. The Labute approximate surface area is 131 Å². The number of carbonyl (C=O) groups is 1. The molecule has 6 nitrogen and oxygen atoms in total. The van der Waals surface area contributed by atoms with Crippen molar-refractivity contribution in [1.29, 1.82) is 0 Å². The fourth-order valence-electron chi connectivity index (χ4n) is 1.98. The molecular weight excluding hydrogens is 322 g/mol. The topological polar surface area (TPSA) is 89.0 Å². The van der Waals surface area contributed by atoms with Gasteiger partial charge in [-0.05, 0) is 43.3 Å². The molecule has 0 saturated carbocycles. The third-order valence-electron chi connectivity index (χ3n) is 3.08. The zero-order valence-corrected chi connectivity index (χ0v) is 13.1. The van der Waals surface area contributed by atoms with Gasteiger partial charge in [-0.15, -0.1) is 0 Å². The SMILES string of the molecule is CC(=O)c1ccc(NS(=O)(=O)c2cccc3nsnc23)cc1. The van der Waals surface area contributed by atoms with Crippen molar-refractivity contribution in [3.8, 4) is 0 Å². The van der Waals surface area contributed by atoms with E-state index in [0.717, 1.165) is 11.7 Å². The number of benzene rings is 2. The molecule has 22 heavy (non-hydrogen) atoms. The van der Waals surface area contributed by atoms with Crippen LogP contribution in [0.25, 0.3) is 11.0 Å². The quantitative estimate of drug-likeness (QED) is 0.742. The Bertz CT molecular complexity index is 947. The molecular formula is C14H11N3O3S2. The summed E-state index contributed by atoms with van der Waals surface area (Å²) in [4.78, 5) is 11.3. The van der Waals surface area contributed by atoms with Gasteiger partial charge in [0.15, 0.2) is 5.78 Å². The molecule has 1 aromatic heterocycles. The number of nitrogens with zero attached hydrogens (tertiary/aromatic N) is 2. The van der Waals surface area contributed by atoms with Crippen LogP contribution in [0.5, 0.6) is 0 Å². The van der Waals surface area contributed by atoms with Gasteiger partial charge in [-0.25, -0.2) is 8.42 Å². The molecule has 8 heteroatoms. The molecule has 0 saturated heterocycles. The summed E-state index contributed by atoms with van der Waals surface area (Å²) < 4.78 is 35.5. The molecule has 0 spiro atoms. The lowest BCUT2D eigenvalue weighted by Crippen LogP contribution is -2.13. The van der Waals surface area contributed by atoms with E-state index in [9.17, 15) is 13.2 Å². The Morgan fingerprint density at radius 1 is 1.09 bits per heavy atom.